The third-order valence-corrected chi connectivity index (χ3v) is 6.04. The lowest BCUT2D eigenvalue weighted by molar-refractivity contribution is 0.424. The van der Waals surface area contributed by atoms with Gasteiger partial charge in [-0.2, -0.15) is 0 Å². The molecule has 1 saturated carbocycles. The Balaban J connectivity index is 1.85. The zero-order chi connectivity index (χ0) is 16.6. The summed E-state index contributed by atoms with van der Waals surface area (Å²) in [5, 5.41) is 3.97. The highest BCUT2D eigenvalue weighted by Crippen LogP contribution is 2.43. The van der Waals surface area contributed by atoms with Gasteiger partial charge in [0.05, 0.1) is 5.54 Å². The molecule has 24 heavy (non-hydrogen) atoms. The molecule has 0 unspecified atom stereocenters. The van der Waals surface area contributed by atoms with Crippen LogP contribution in [0.25, 0.3) is 0 Å². The molecule has 1 fully saturated rings. The Morgan fingerprint density at radius 2 is 1.71 bits per heavy atom. The molecule has 0 spiro atoms. The highest BCUT2D eigenvalue weighted by Gasteiger charge is 2.38. The molecule has 1 N–H and O–H groups in total. The third-order valence-electron chi connectivity index (χ3n) is 6.04. The first-order valence-corrected chi connectivity index (χ1v) is 9.65. The van der Waals surface area contributed by atoms with Crippen LogP contribution < -0.4 is 5.32 Å². The fraction of sp³-hybridized carbons (Fsp3) is 0.478. The van der Waals surface area contributed by atoms with Crippen LogP contribution in [0.2, 0.25) is 0 Å². The molecule has 0 radical (unpaired) electrons. The average molecular weight is 319 g/mol. The van der Waals surface area contributed by atoms with E-state index in [0.29, 0.717) is 5.92 Å². The highest BCUT2D eigenvalue weighted by atomic mass is 15.0. The van der Waals surface area contributed by atoms with Gasteiger partial charge in [-0.25, -0.2) is 0 Å². The molecular formula is C23H29N. The van der Waals surface area contributed by atoms with Gasteiger partial charge in [0.2, 0.25) is 0 Å². The van der Waals surface area contributed by atoms with Crippen molar-refractivity contribution in [3.8, 4) is 0 Å². The topological polar surface area (TPSA) is 12.0 Å². The molecule has 126 valence electrons. The minimum atomic E-state index is -0.0712. The van der Waals surface area contributed by atoms with Crippen LogP contribution in [0.3, 0.4) is 0 Å². The van der Waals surface area contributed by atoms with E-state index in [1.807, 2.05) is 0 Å². The van der Waals surface area contributed by atoms with Crippen molar-refractivity contribution in [1.82, 2.24) is 5.32 Å². The van der Waals surface area contributed by atoms with Gasteiger partial charge >= 0.3 is 0 Å². The summed E-state index contributed by atoms with van der Waals surface area (Å²) in [6.07, 6.45) is 6.47. The molecule has 2 aromatic rings. The maximum absolute atomic E-state index is 3.97. The number of nitrogens with one attached hydrogen (secondary N) is 1. The highest BCUT2D eigenvalue weighted by molar-refractivity contribution is 5.50. The molecule has 0 amide bonds. The molecule has 1 heteroatoms. The molecule has 2 aliphatic carbocycles. The average Bonchev–Trinajstić information content (AvgIpc) is 3.44. The Morgan fingerprint density at radius 1 is 1.00 bits per heavy atom. The number of rotatable bonds is 5. The fourth-order valence-electron chi connectivity index (χ4n) is 4.48. The molecule has 2 aromatic carbocycles. The van der Waals surface area contributed by atoms with E-state index in [0.717, 1.165) is 12.5 Å². The number of hydrogen-bond donors (Lipinski definition) is 1. The van der Waals surface area contributed by atoms with Crippen LogP contribution in [-0.2, 0) is 12.0 Å². The second-order valence-electron chi connectivity index (χ2n) is 7.88. The summed E-state index contributed by atoms with van der Waals surface area (Å²) in [6.45, 7) is 5.85. The maximum atomic E-state index is 3.97. The van der Waals surface area contributed by atoms with Crippen LogP contribution >= 0.6 is 0 Å². The standard InChI is InChI=1S/C23H29N/c1-3-8-18-15-19-9-4-6-11-21(19)23(2,24-16-17-13-14-17)22-12-7-5-10-20(18)22/h4-7,9-12,17-18,24H,3,8,13-16H2,1-2H3/t18-,23+/m1/s1. The molecular weight excluding hydrogens is 290 g/mol. The van der Waals surface area contributed by atoms with Gasteiger partial charge in [0.25, 0.3) is 0 Å². The SMILES string of the molecule is CCC[C@@H]1Cc2ccccc2[C@](C)(NCC2CC2)c2ccccc21. The number of benzene rings is 2. The van der Waals surface area contributed by atoms with E-state index in [4.69, 9.17) is 0 Å². The summed E-state index contributed by atoms with van der Waals surface area (Å²) >= 11 is 0. The van der Waals surface area contributed by atoms with Crippen molar-refractivity contribution >= 4 is 0 Å². The Kier molecular flexibility index (Phi) is 4.22. The molecule has 0 aromatic heterocycles. The van der Waals surface area contributed by atoms with E-state index in [2.05, 4.69) is 67.7 Å². The molecule has 2 atom stereocenters. The Morgan fingerprint density at radius 3 is 2.46 bits per heavy atom. The molecule has 0 heterocycles. The van der Waals surface area contributed by atoms with Gasteiger partial charge in [-0.1, -0.05) is 61.9 Å². The number of hydrogen-bond acceptors (Lipinski definition) is 1. The van der Waals surface area contributed by atoms with Gasteiger partial charge in [0.15, 0.2) is 0 Å². The molecule has 0 aliphatic heterocycles. The second-order valence-corrected chi connectivity index (χ2v) is 7.88. The lowest BCUT2D eigenvalue weighted by Crippen LogP contribution is -2.42. The normalized spacial score (nSPS) is 25.7. The minimum Gasteiger partial charge on any atom is -0.304 e. The Labute approximate surface area is 146 Å². The lowest BCUT2D eigenvalue weighted by Gasteiger charge is -2.34. The molecule has 4 rings (SSSR count). The van der Waals surface area contributed by atoms with E-state index in [1.54, 1.807) is 5.56 Å². The predicted molar refractivity (Wildman–Crippen MR) is 101 cm³/mol. The summed E-state index contributed by atoms with van der Waals surface area (Å²) in [5.74, 6) is 1.52. The van der Waals surface area contributed by atoms with E-state index in [9.17, 15) is 0 Å². The Hall–Kier alpha value is -1.60. The molecule has 2 aliphatic rings. The van der Waals surface area contributed by atoms with Crippen molar-refractivity contribution in [2.24, 2.45) is 5.92 Å². The minimum absolute atomic E-state index is 0.0712. The Bertz CT molecular complexity index is 715. The third kappa shape index (κ3) is 2.80. The van der Waals surface area contributed by atoms with E-state index in [1.165, 1.54) is 48.8 Å². The summed E-state index contributed by atoms with van der Waals surface area (Å²) < 4.78 is 0. The number of fused-ring (bicyclic) bond motifs is 2. The zero-order valence-electron chi connectivity index (χ0n) is 15.0. The second kappa shape index (κ2) is 6.37. The van der Waals surface area contributed by atoms with Gasteiger partial charge in [0, 0.05) is 0 Å². The van der Waals surface area contributed by atoms with Crippen LogP contribution in [0.1, 0.15) is 67.7 Å². The quantitative estimate of drug-likeness (QED) is 0.779. The molecule has 0 bridgehead atoms. The van der Waals surface area contributed by atoms with Crippen molar-refractivity contribution in [2.45, 2.75) is 57.4 Å². The molecule has 1 nitrogen and oxygen atoms in total. The van der Waals surface area contributed by atoms with Crippen LogP contribution in [0.5, 0.6) is 0 Å². The summed E-state index contributed by atoms with van der Waals surface area (Å²) in [6, 6.07) is 18.3. The van der Waals surface area contributed by atoms with Gasteiger partial charge in [-0.15, -0.1) is 0 Å². The van der Waals surface area contributed by atoms with Crippen LogP contribution in [0.4, 0.5) is 0 Å². The van der Waals surface area contributed by atoms with Crippen LogP contribution in [0.15, 0.2) is 48.5 Å². The first-order chi connectivity index (χ1) is 11.7. The van der Waals surface area contributed by atoms with Crippen LogP contribution in [-0.4, -0.2) is 6.54 Å². The maximum Gasteiger partial charge on any atom is 0.0667 e. The van der Waals surface area contributed by atoms with Gasteiger partial charge in [-0.3, -0.25) is 0 Å². The largest absolute Gasteiger partial charge is 0.304 e. The van der Waals surface area contributed by atoms with Gasteiger partial charge < -0.3 is 5.32 Å². The van der Waals surface area contributed by atoms with Crippen molar-refractivity contribution in [1.29, 1.82) is 0 Å². The van der Waals surface area contributed by atoms with Gasteiger partial charge in [0.1, 0.15) is 0 Å². The van der Waals surface area contributed by atoms with E-state index >= 15 is 0 Å². The van der Waals surface area contributed by atoms with Crippen LogP contribution in [0, 0.1) is 5.92 Å². The molecule has 0 saturated heterocycles. The first-order valence-electron chi connectivity index (χ1n) is 9.65. The van der Waals surface area contributed by atoms with Gasteiger partial charge in [-0.05, 0) is 73.2 Å². The zero-order valence-corrected chi connectivity index (χ0v) is 15.0. The fourth-order valence-corrected chi connectivity index (χ4v) is 4.48. The predicted octanol–water partition coefficient (Wildman–Crippen LogP) is 5.39. The monoisotopic (exact) mass is 319 g/mol. The summed E-state index contributed by atoms with van der Waals surface area (Å²) in [7, 11) is 0. The summed E-state index contributed by atoms with van der Waals surface area (Å²) in [4.78, 5) is 0. The van der Waals surface area contributed by atoms with Crippen molar-refractivity contribution in [3.05, 3.63) is 70.8 Å². The smallest absolute Gasteiger partial charge is 0.0667 e. The van der Waals surface area contributed by atoms with Crippen molar-refractivity contribution in [2.75, 3.05) is 6.54 Å². The van der Waals surface area contributed by atoms with Crippen molar-refractivity contribution in [3.63, 3.8) is 0 Å². The lowest BCUT2D eigenvalue weighted by atomic mass is 9.80. The van der Waals surface area contributed by atoms with E-state index in [-0.39, 0.29) is 5.54 Å². The first kappa shape index (κ1) is 15.9. The van der Waals surface area contributed by atoms with Crippen molar-refractivity contribution < 1.29 is 0 Å². The summed E-state index contributed by atoms with van der Waals surface area (Å²) in [5.41, 5.74) is 5.99. The van der Waals surface area contributed by atoms with E-state index < -0.39 is 0 Å².